The summed E-state index contributed by atoms with van der Waals surface area (Å²) in [5, 5.41) is 2.55. The Morgan fingerprint density at radius 2 is 1.68 bits per heavy atom. The smallest absolute Gasteiger partial charge is 0.361 e. The number of alkyl halides is 6. The van der Waals surface area contributed by atoms with E-state index in [2.05, 4.69) is 29.7 Å². The highest BCUT2D eigenvalue weighted by atomic mass is 32.2. The van der Waals surface area contributed by atoms with Crippen LogP contribution in [0.5, 0.6) is 0 Å². The van der Waals surface area contributed by atoms with E-state index in [1.807, 2.05) is 0 Å². The van der Waals surface area contributed by atoms with E-state index in [9.17, 15) is 35.3 Å². The van der Waals surface area contributed by atoms with Crippen molar-refractivity contribution >= 4 is 36.0 Å². The fourth-order valence-corrected chi connectivity index (χ4v) is 5.70. The quantitative estimate of drug-likeness (QED) is 0.121. The van der Waals surface area contributed by atoms with Gasteiger partial charge in [0.2, 0.25) is 5.91 Å². The molecule has 15 heteroatoms. The van der Waals surface area contributed by atoms with Crippen molar-refractivity contribution in [1.29, 1.82) is 0 Å². The number of hydrogen-bond donors (Lipinski definition) is 2. The minimum atomic E-state index is -4.55. The molecule has 1 amide bonds. The van der Waals surface area contributed by atoms with Crippen molar-refractivity contribution in [2.45, 2.75) is 122 Å². The fourth-order valence-electron chi connectivity index (χ4n) is 4.14. The summed E-state index contributed by atoms with van der Waals surface area (Å²) in [4.78, 5) is 16.8. The predicted octanol–water partition coefficient (Wildman–Crippen LogP) is 7.94. The van der Waals surface area contributed by atoms with Crippen LogP contribution in [-0.4, -0.2) is 51.4 Å². The Morgan fingerprint density at radius 3 is 2.20 bits per heavy atom. The van der Waals surface area contributed by atoms with Gasteiger partial charge in [-0.15, -0.1) is 0 Å². The van der Waals surface area contributed by atoms with Gasteiger partial charge in [0, 0.05) is 21.1 Å². The number of halogens is 6. The number of nitrogens with zero attached hydrogens (tertiary/aromatic N) is 2. The van der Waals surface area contributed by atoms with Gasteiger partial charge in [-0.1, -0.05) is 39.6 Å². The second kappa shape index (κ2) is 14.2. The number of fused-ring (bicyclic) bond motifs is 1. The third kappa shape index (κ3) is 11.4. The molecule has 0 aliphatic rings. The number of ether oxygens (including phenoxy) is 1. The minimum absolute atomic E-state index is 0.00777. The Morgan fingerprint density at radius 1 is 1.07 bits per heavy atom. The van der Waals surface area contributed by atoms with Gasteiger partial charge in [0.25, 0.3) is 0 Å². The number of imidazole rings is 1. The van der Waals surface area contributed by atoms with E-state index < -0.39 is 78.8 Å². The van der Waals surface area contributed by atoms with Crippen LogP contribution in [0.2, 0.25) is 25.7 Å². The SMILES string of the molecule is C[C@@H](NC(=O)CCC(F)(F)F)c1ccc2c(c1)nc([C@H](CC(C)(C)C(F)(F)F)N[S@](=O)C(C)(C)C)n2COCC[Si](C)(C)C. The molecule has 0 fully saturated rings. The molecule has 0 saturated heterocycles. The van der Waals surface area contributed by atoms with Crippen LogP contribution in [0.4, 0.5) is 26.3 Å². The standard InChI is InChI=1S/C29H46F6N4O3SSi/c1-19(36-24(40)12-13-28(30,31)32)20-10-11-23-21(16-20)37-25(39(23)18-42-14-15-44(7,8)9)22(38-43(41)26(2,3)4)17-27(5,6)29(33,34)35/h10-11,16,19,22,38H,12-15,17-18H2,1-9H3,(H,36,40)/t19-,22+,43-/m1/s1. The summed E-state index contributed by atoms with van der Waals surface area (Å²) in [6.45, 7) is 15.9. The van der Waals surface area contributed by atoms with Crippen molar-refractivity contribution < 1.29 is 40.1 Å². The van der Waals surface area contributed by atoms with Gasteiger partial charge in [0.15, 0.2) is 0 Å². The molecule has 1 heterocycles. The van der Waals surface area contributed by atoms with Gasteiger partial charge in [-0.25, -0.2) is 13.9 Å². The number of aromatic nitrogens is 2. The Bertz CT molecular complexity index is 1300. The molecule has 44 heavy (non-hydrogen) atoms. The summed E-state index contributed by atoms with van der Waals surface area (Å²) < 4.78 is 103. The summed E-state index contributed by atoms with van der Waals surface area (Å²) in [5.41, 5.74) is -0.673. The molecule has 0 unspecified atom stereocenters. The van der Waals surface area contributed by atoms with Gasteiger partial charge in [-0.2, -0.15) is 26.3 Å². The molecular formula is C29H46F6N4O3SSi. The summed E-state index contributed by atoms with van der Waals surface area (Å²) in [6, 6.07) is 4.13. The summed E-state index contributed by atoms with van der Waals surface area (Å²) in [6.07, 6.45) is -11.4. The van der Waals surface area contributed by atoms with Gasteiger partial charge in [0.1, 0.15) is 12.6 Å². The zero-order valence-electron chi connectivity index (χ0n) is 26.9. The number of carbonyl (C=O) groups is 1. The van der Waals surface area contributed by atoms with Crippen LogP contribution >= 0.6 is 0 Å². The van der Waals surface area contributed by atoms with E-state index in [1.165, 1.54) is 0 Å². The lowest BCUT2D eigenvalue weighted by Crippen LogP contribution is -2.41. The number of rotatable bonds is 14. The molecule has 0 aliphatic heterocycles. The van der Waals surface area contributed by atoms with Gasteiger partial charge >= 0.3 is 12.4 Å². The van der Waals surface area contributed by atoms with Crippen LogP contribution in [0.1, 0.15) is 84.3 Å². The molecule has 0 bridgehead atoms. The largest absolute Gasteiger partial charge is 0.394 e. The summed E-state index contributed by atoms with van der Waals surface area (Å²) in [7, 11) is -3.18. The lowest BCUT2D eigenvalue weighted by atomic mass is 9.85. The number of hydrogen-bond acceptors (Lipinski definition) is 4. The van der Waals surface area contributed by atoms with Crippen molar-refractivity contribution in [2.75, 3.05) is 6.61 Å². The number of benzene rings is 1. The molecule has 2 aromatic rings. The second-order valence-corrected chi connectivity index (χ2v) is 21.7. The van der Waals surface area contributed by atoms with Crippen molar-refractivity contribution in [3.05, 3.63) is 29.6 Å². The predicted molar refractivity (Wildman–Crippen MR) is 164 cm³/mol. The topological polar surface area (TPSA) is 85.3 Å². The van der Waals surface area contributed by atoms with E-state index in [4.69, 9.17) is 9.72 Å². The molecule has 2 N–H and O–H groups in total. The maximum absolute atomic E-state index is 14.1. The Balaban J connectivity index is 2.57. The lowest BCUT2D eigenvalue weighted by Gasteiger charge is -2.33. The maximum atomic E-state index is 14.1. The monoisotopic (exact) mass is 672 g/mol. The van der Waals surface area contributed by atoms with Crippen LogP contribution in [0, 0.1) is 5.41 Å². The zero-order chi connectivity index (χ0) is 33.9. The number of nitrogens with one attached hydrogen (secondary N) is 2. The van der Waals surface area contributed by atoms with E-state index in [0.717, 1.165) is 19.9 Å². The molecule has 2 rings (SSSR count). The van der Waals surface area contributed by atoms with E-state index in [1.54, 1.807) is 50.5 Å². The molecule has 0 aliphatic carbocycles. The first kappa shape index (κ1) is 38.2. The zero-order valence-corrected chi connectivity index (χ0v) is 28.7. The molecule has 1 aromatic carbocycles. The average molecular weight is 673 g/mol. The molecule has 252 valence electrons. The summed E-state index contributed by atoms with van der Waals surface area (Å²) >= 11 is 0. The summed E-state index contributed by atoms with van der Waals surface area (Å²) in [5.74, 6) is -0.554. The highest BCUT2D eigenvalue weighted by Gasteiger charge is 2.49. The van der Waals surface area contributed by atoms with Gasteiger partial charge in [-0.3, -0.25) is 4.79 Å². The molecule has 3 atom stereocenters. The maximum Gasteiger partial charge on any atom is 0.394 e. The van der Waals surface area contributed by atoms with Crippen LogP contribution in [-0.2, 0) is 27.2 Å². The average Bonchev–Trinajstić information content (AvgIpc) is 3.20. The second-order valence-electron chi connectivity index (χ2n) is 14.0. The Hall–Kier alpha value is -1.97. The van der Waals surface area contributed by atoms with Crippen LogP contribution in [0.3, 0.4) is 0 Å². The lowest BCUT2D eigenvalue weighted by molar-refractivity contribution is -0.215. The van der Waals surface area contributed by atoms with Gasteiger partial charge in [-0.05, 0) is 57.9 Å². The third-order valence-electron chi connectivity index (χ3n) is 7.13. The van der Waals surface area contributed by atoms with E-state index >= 15 is 0 Å². The highest BCUT2D eigenvalue weighted by Crippen LogP contribution is 2.44. The van der Waals surface area contributed by atoms with E-state index in [0.29, 0.717) is 23.2 Å². The van der Waals surface area contributed by atoms with Crippen molar-refractivity contribution in [3.8, 4) is 0 Å². The number of carbonyl (C=O) groups excluding carboxylic acids is 1. The Kier molecular flexibility index (Phi) is 12.3. The minimum Gasteiger partial charge on any atom is -0.361 e. The van der Waals surface area contributed by atoms with Gasteiger partial charge in [0.05, 0.1) is 50.7 Å². The first-order valence-electron chi connectivity index (χ1n) is 14.5. The first-order valence-corrected chi connectivity index (χ1v) is 19.4. The normalized spacial score (nSPS) is 15.8. The molecular weight excluding hydrogens is 626 g/mol. The van der Waals surface area contributed by atoms with Crippen molar-refractivity contribution in [1.82, 2.24) is 19.6 Å². The fraction of sp³-hybridized carbons (Fsp3) is 0.724. The van der Waals surface area contributed by atoms with Crippen LogP contribution < -0.4 is 10.0 Å². The van der Waals surface area contributed by atoms with Crippen molar-refractivity contribution in [3.63, 3.8) is 0 Å². The Labute approximate surface area is 259 Å². The molecule has 0 saturated carbocycles. The third-order valence-corrected chi connectivity index (χ3v) is 10.4. The molecule has 0 radical (unpaired) electrons. The number of amides is 1. The van der Waals surface area contributed by atoms with Crippen LogP contribution in [0.15, 0.2) is 18.2 Å². The van der Waals surface area contributed by atoms with Gasteiger partial charge < -0.3 is 14.6 Å². The van der Waals surface area contributed by atoms with E-state index in [-0.39, 0.29) is 12.6 Å². The highest BCUT2D eigenvalue weighted by molar-refractivity contribution is 7.84. The first-order chi connectivity index (χ1) is 19.8. The van der Waals surface area contributed by atoms with Crippen LogP contribution in [0.25, 0.3) is 11.0 Å². The molecule has 7 nitrogen and oxygen atoms in total. The molecule has 1 aromatic heterocycles. The van der Waals surface area contributed by atoms with Crippen molar-refractivity contribution in [2.24, 2.45) is 5.41 Å². The molecule has 0 spiro atoms.